The third-order valence-corrected chi connectivity index (χ3v) is 15.9. The van der Waals surface area contributed by atoms with Crippen LogP contribution in [0.5, 0.6) is 5.75 Å². The highest BCUT2D eigenvalue weighted by Gasteiger charge is 2.47. The van der Waals surface area contributed by atoms with Crippen molar-refractivity contribution in [2.45, 2.75) is 81.3 Å². The number of hydrogen-bond donors (Lipinski definition) is 3. The Kier molecular flexibility index (Phi) is 12.5. The molecule has 4 fully saturated rings. The van der Waals surface area contributed by atoms with Gasteiger partial charge in [0.2, 0.25) is 23.6 Å². The van der Waals surface area contributed by atoms with Gasteiger partial charge < -0.3 is 30.1 Å². The maximum Gasteiger partial charge on any atom is 0.264 e. The van der Waals surface area contributed by atoms with E-state index in [0.29, 0.717) is 48.3 Å². The molecule has 2 atom stereocenters. The molecule has 3 N–H and O–H groups in total. The molecule has 1 unspecified atom stereocenters. The Morgan fingerprint density at radius 2 is 1.58 bits per heavy atom. The highest BCUT2D eigenvalue weighted by atomic mass is 35.5. The first-order valence-electron chi connectivity index (χ1n) is 23.3. The van der Waals surface area contributed by atoms with Crippen LogP contribution in [0.3, 0.4) is 0 Å². The summed E-state index contributed by atoms with van der Waals surface area (Å²) in [7, 11) is 0. The number of halogens is 1. The number of amides is 5. The standard InChI is InChI=1S/C51H54ClN7O6S/c52-40-11-6-13-42-46(40)66-48(55-42)38-10-2-4-14-43(38)65-51(21-27-59(28-22-51)49(63)39-30-45(61)54-41-12-3-1-9-37(39)41)50(64)53-34-19-23-57(24-20-34)31-32-17-25-58(26-18-32)35-8-5-7-33(29-35)36-15-16-44(60)56-47(36)62/h1-14,29,32,34,36,39H,15-28,30-31H2,(H,53,64)(H,54,61)(H,56,60,62)/t36?,39-/m0/s1. The number of rotatable bonds is 10. The maximum atomic E-state index is 14.8. The number of nitrogens with zero attached hydrogens (tertiary/aromatic N) is 4. The summed E-state index contributed by atoms with van der Waals surface area (Å²) in [5, 5.41) is 10.2. The first kappa shape index (κ1) is 44.0. The van der Waals surface area contributed by atoms with Crippen LogP contribution in [0.4, 0.5) is 11.4 Å². The number of thiazole rings is 1. The average Bonchev–Trinajstić information content (AvgIpc) is 3.78. The molecule has 10 rings (SSSR count). The summed E-state index contributed by atoms with van der Waals surface area (Å²) in [5.74, 6) is -0.651. The SMILES string of the molecule is O=C1CCC(c2cccc(N3CCC(CN4CCC(NC(=O)C5(Oc6ccccc6-c6nc7cccc(Cl)c7s6)CCN(C(=O)[C@H]6CC(=O)Nc7ccccc76)CC5)CC4)CC3)c2)C(=O)N1. The Labute approximate surface area is 393 Å². The summed E-state index contributed by atoms with van der Waals surface area (Å²) in [6.45, 7) is 5.27. The number of piperidine rings is 4. The van der Waals surface area contributed by atoms with E-state index in [1.54, 1.807) is 4.90 Å². The zero-order chi connectivity index (χ0) is 45.4. The molecule has 4 saturated heterocycles. The Bertz CT molecular complexity index is 2670. The van der Waals surface area contributed by atoms with Crippen LogP contribution in [0, 0.1) is 5.92 Å². The van der Waals surface area contributed by atoms with E-state index in [-0.39, 0.29) is 60.8 Å². The first-order valence-corrected chi connectivity index (χ1v) is 24.5. The van der Waals surface area contributed by atoms with Gasteiger partial charge in [0, 0.05) is 88.9 Å². The fraction of sp³-hybridized carbons (Fsp3) is 0.412. The third kappa shape index (κ3) is 9.15. The van der Waals surface area contributed by atoms with Crippen LogP contribution in [0.1, 0.15) is 80.8 Å². The first-order chi connectivity index (χ1) is 32.1. The number of imide groups is 1. The molecule has 1 aromatic heterocycles. The Morgan fingerprint density at radius 3 is 2.36 bits per heavy atom. The maximum absolute atomic E-state index is 14.8. The lowest BCUT2D eigenvalue weighted by molar-refractivity contribution is -0.148. The highest BCUT2D eigenvalue weighted by molar-refractivity contribution is 7.22. The Balaban J connectivity index is 0.791. The molecule has 0 aliphatic carbocycles. The molecule has 4 aromatic carbocycles. The van der Waals surface area contributed by atoms with Crippen molar-refractivity contribution in [3.8, 4) is 16.3 Å². The van der Waals surface area contributed by atoms with E-state index in [9.17, 15) is 24.0 Å². The summed E-state index contributed by atoms with van der Waals surface area (Å²) in [4.78, 5) is 77.6. The van der Waals surface area contributed by atoms with Gasteiger partial charge in [-0.05, 0) is 91.6 Å². The zero-order valence-corrected chi connectivity index (χ0v) is 38.4. The smallest absolute Gasteiger partial charge is 0.264 e. The second kappa shape index (κ2) is 18.8. The molecule has 5 aromatic rings. The van der Waals surface area contributed by atoms with Gasteiger partial charge in [0.05, 0.1) is 32.6 Å². The minimum absolute atomic E-state index is 0.0220. The minimum Gasteiger partial charge on any atom is -0.477 e. The third-order valence-electron chi connectivity index (χ3n) is 14.3. The van der Waals surface area contributed by atoms with Gasteiger partial charge in [-0.1, -0.05) is 60.1 Å². The summed E-state index contributed by atoms with van der Waals surface area (Å²) in [5.41, 5.74) is 3.87. The zero-order valence-electron chi connectivity index (χ0n) is 36.8. The molecule has 0 radical (unpaired) electrons. The number of para-hydroxylation sites is 2. The lowest BCUT2D eigenvalue weighted by Gasteiger charge is -2.43. The van der Waals surface area contributed by atoms with Crippen molar-refractivity contribution in [2.24, 2.45) is 5.92 Å². The van der Waals surface area contributed by atoms with Gasteiger partial charge in [-0.2, -0.15) is 0 Å². The van der Waals surface area contributed by atoms with Gasteiger partial charge >= 0.3 is 0 Å². The van der Waals surface area contributed by atoms with Crippen molar-refractivity contribution in [3.63, 3.8) is 0 Å². The lowest BCUT2D eigenvalue weighted by atomic mass is 9.86. The minimum atomic E-state index is -1.25. The van der Waals surface area contributed by atoms with Crippen molar-refractivity contribution in [1.82, 2.24) is 25.4 Å². The molecule has 66 heavy (non-hydrogen) atoms. The van der Waals surface area contributed by atoms with Crippen LogP contribution in [0.25, 0.3) is 20.8 Å². The van der Waals surface area contributed by atoms with Crippen LogP contribution in [-0.2, 0) is 24.0 Å². The number of ether oxygens (including phenoxy) is 1. The lowest BCUT2D eigenvalue weighted by Crippen LogP contribution is -2.60. The van der Waals surface area contributed by atoms with Crippen molar-refractivity contribution in [3.05, 3.63) is 107 Å². The predicted octanol–water partition coefficient (Wildman–Crippen LogP) is 7.50. The van der Waals surface area contributed by atoms with Crippen molar-refractivity contribution < 1.29 is 28.7 Å². The fourth-order valence-electron chi connectivity index (χ4n) is 10.6. The second-order valence-electron chi connectivity index (χ2n) is 18.5. The van der Waals surface area contributed by atoms with Crippen molar-refractivity contribution >= 4 is 74.1 Å². The van der Waals surface area contributed by atoms with Gasteiger partial charge in [0.1, 0.15) is 10.8 Å². The second-order valence-corrected chi connectivity index (χ2v) is 19.9. The number of carbonyl (C=O) groups is 5. The number of likely N-dealkylation sites (tertiary alicyclic amines) is 2. The van der Waals surface area contributed by atoms with Gasteiger partial charge in [0.25, 0.3) is 5.91 Å². The number of anilines is 2. The number of carbonyl (C=O) groups excluding carboxylic acids is 5. The van der Waals surface area contributed by atoms with E-state index in [4.69, 9.17) is 21.3 Å². The molecule has 5 amide bonds. The molecule has 5 aliphatic heterocycles. The summed E-state index contributed by atoms with van der Waals surface area (Å²) < 4.78 is 7.87. The predicted molar refractivity (Wildman–Crippen MR) is 256 cm³/mol. The van der Waals surface area contributed by atoms with Gasteiger partial charge in [-0.3, -0.25) is 29.3 Å². The number of aromatic nitrogens is 1. The summed E-state index contributed by atoms with van der Waals surface area (Å²) >= 11 is 8.05. The number of fused-ring (bicyclic) bond motifs is 2. The molecule has 0 spiro atoms. The molecular weight excluding hydrogens is 874 g/mol. The van der Waals surface area contributed by atoms with Crippen molar-refractivity contribution in [2.75, 3.05) is 56.0 Å². The Hall–Kier alpha value is -5.83. The average molecular weight is 929 g/mol. The monoisotopic (exact) mass is 927 g/mol. The Morgan fingerprint density at radius 1 is 0.818 bits per heavy atom. The van der Waals surface area contributed by atoms with Crippen LogP contribution < -0.4 is 25.6 Å². The van der Waals surface area contributed by atoms with Crippen LogP contribution in [0.2, 0.25) is 5.02 Å². The summed E-state index contributed by atoms with van der Waals surface area (Å²) in [6.07, 6.45) is 5.35. The largest absolute Gasteiger partial charge is 0.477 e. The van der Waals surface area contributed by atoms with Crippen molar-refractivity contribution in [1.29, 1.82) is 0 Å². The van der Waals surface area contributed by atoms with Gasteiger partial charge in [-0.15, -0.1) is 11.3 Å². The highest BCUT2D eigenvalue weighted by Crippen LogP contribution is 2.42. The van der Waals surface area contributed by atoms with E-state index in [2.05, 4.69) is 37.9 Å². The van der Waals surface area contributed by atoms with E-state index in [1.165, 1.54) is 11.3 Å². The molecule has 13 nitrogen and oxygen atoms in total. The molecule has 0 saturated carbocycles. The number of nitrogens with one attached hydrogen (secondary N) is 3. The van der Waals surface area contributed by atoms with E-state index in [0.717, 1.165) is 96.0 Å². The van der Waals surface area contributed by atoms with Crippen LogP contribution in [0.15, 0.2) is 91.0 Å². The molecule has 0 bridgehead atoms. The quantitative estimate of drug-likeness (QED) is 0.121. The number of hydrogen-bond acceptors (Lipinski definition) is 10. The summed E-state index contributed by atoms with van der Waals surface area (Å²) in [6, 6.07) is 29.0. The molecular formula is C51H54ClN7O6S. The fourth-order valence-corrected chi connectivity index (χ4v) is 11.8. The molecule has 15 heteroatoms. The van der Waals surface area contributed by atoms with E-state index in [1.807, 2.05) is 78.9 Å². The topological polar surface area (TPSA) is 153 Å². The normalized spacial score (nSPS) is 21.8. The molecule has 342 valence electrons. The molecule has 6 heterocycles. The number of benzene rings is 4. The molecule has 5 aliphatic rings. The van der Waals surface area contributed by atoms with Gasteiger partial charge in [-0.25, -0.2) is 4.98 Å². The van der Waals surface area contributed by atoms with Gasteiger partial charge in [0.15, 0.2) is 5.60 Å². The van der Waals surface area contributed by atoms with E-state index < -0.39 is 11.5 Å². The van der Waals surface area contributed by atoms with E-state index >= 15 is 0 Å². The van der Waals surface area contributed by atoms with Crippen LogP contribution in [-0.4, -0.2) is 102 Å². The van der Waals surface area contributed by atoms with Crippen LogP contribution >= 0.6 is 22.9 Å².